The van der Waals surface area contributed by atoms with Crippen LogP contribution < -0.4 is 18.9 Å². The van der Waals surface area contributed by atoms with E-state index < -0.39 is 11.9 Å². The van der Waals surface area contributed by atoms with Gasteiger partial charge < -0.3 is 29.2 Å². The Hall–Kier alpha value is -6.42. The summed E-state index contributed by atoms with van der Waals surface area (Å²) in [4.78, 5) is 35.4. The summed E-state index contributed by atoms with van der Waals surface area (Å²) < 4.78 is 23.2. The van der Waals surface area contributed by atoms with Gasteiger partial charge in [0.05, 0.1) is 35.7 Å². The molecule has 5 aromatic carbocycles. The molecule has 10 nitrogen and oxygen atoms in total. The molecule has 0 unspecified atom stereocenters. The summed E-state index contributed by atoms with van der Waals surface area (Å²) in [6, 6.07) is 30.0. The first-order valence-electron chi connectivity index (χ1n) is 31.1. The Morgan fingerprint density at radius 2 is 0.662 bits per heavy atom. The number of ether oxygens (including phenoxy) is 4. The number of para-hydroxylation sites is 2. The molecule has 10 heteroatoms. The Kier molecular flexibility index (Phi) is 32.8. The zero-order chi connectivity index (χ0) is 56.5. The molecule has 5 aromatic rings. The number of nitrogens with zero attached hydrogens (tertiary/aromatic N) is 2. The van der Waals surface area contributed by atoms with Crippen LogP contribution in [0.5, 0.6) is 34.5 Å². The number of carbonyl (C=O) groups is 2. The Bertz CT molecular complexity index is 2350. The third kappa shape index (κ3) is 27.2. The van der Waals surface area contributed by atoms with Gasteiger partial charge in [-0.05, 0) is 97.8 Å². The van der Waals surface area contributed by atoms with E-state index in [1.165, 1.54) is 180 Å². The maximum atomic E-state index is 13.2. The lowest BCUT2D eigenvalue weighted by molar-refractivity contribution is 0.0682. The van der Waals surface area contributed by atoms with Crippen LogP contribution in [0.25, 0.3) is 0 Å². The Labute approximate surface area is 480 Å². The summed E-state index contributed by atoms with van der Waals surface area (Å²) >= 11 is 0. The topological polar surface area (TPSA) is 136 Å². The Balaban J connectivity index is 0.938. The van der Waals surface area contributed by atoms with Crippen molar-refractivity contribution in [2.75, 3.05) is 13.2 Å². The number of hydrogen-bond donors (Lipinski definition) is 2. The van der Waals surface area contributed by atoms with Gasteiger partial charge in [0.1, 0.15) is 23.0 Å². The minimum Gasteiger partial charge on any atom is -0.507 e. The van der Waals surface area contributed by atoms with Gasteiger partial charge in [-0.15, -0.1) is 0 Å². The number of phenols is 2. The highest BCUT2D eigenvalue weighted by Gasteiger charge is 2.17. The van der Waals surface area contributed by atoms with Crippen LogP contribution in [0.3, 0.4) is 0 Å². The molecule has 80 heavy (non-hydrogen) atoms. The Morgan fingerprint density at radius 3 is 0.950 bits per heavy atom. The third-order valence-electron chi connectivity index (χ3n) is 14.7. The number of benzene rings is 5. The fourth-order valence-corrected chi connectivity index (χ4v) is 9.72. The molecule has 0 aliphatic rings. The van der Waals surface area contributed by atoms with Crippen LogP contribution in [0.2, 0.25) is 0 Å². The first-order valence-corrected chi connectivity index (χ1v) is 31.1. The average Bonchev–Trinajstić information content (AvgIpc) is 3.47. The van der Waals surface area contributed by atoms with Gasteiger partial charge >= 0.3 is 11.9 Å². The number of carbonyl (C=O) groups excluding carboxylic acids is 2. The number of rotatable bonds is 44. The second-order valence-corrected chi connectivity index (χ2v) is 21.6. The smallest absolute Gasteiger partial charge is 0.343 e. The highest BCUT2D eigenvalue weighted by Crippen LogP contribution is 2.30. The van der Waals surface area contributed by atoms with E-state index in [-0.39, 0.29) is 34.1 Å². The number of esters is 2. The van der Waals surface area contributed by atoms with Crippen LogP contribution in [-0.4, -0.2) is 47.8 Å². The first kappa shape index (κ1) is 64.4. The minimum atomic E-state index is -0.641. The normalized spacial score (nSPS) is 11.4. The number of aliphatic imine (C=N–C) groups is 2. The van der Waals surface area contributed by atoms with Gasteiger partial charge in [-0.25, -0.2) is 9.59 Å². The quantitative estimate of drug-likeness (QED) is 0.0170. The van der Waals surface area contributed by atoms with Gasteiger partial charge in [0.2, 0.25) is 0 Å². The minimum absolute atomic E-state index is 0.0692. The molecule has 0 radical (unpaired) electrons. The zero-order valence-corrected chi connectivity index (χ0v) is 48.8. The van der Waals surface area contributed by atoms with Gasteiger partial charge in [0, 0.05) is 35.7 Å². The molecule has 0 spiro atoms. The van der Waals surface area contributed by atoms with Crippen molar-refractivity contribution >= 4 is 35.7 Å². The van der Waals surface area contributed by atoms with Crippen molar-refractivity contribution in [3.8, 4) is 34.5 Å². The molecule has 5 rings (SSSR count). The van der Waals surface area contributed by atoms with E-state index in [0.29, 0.717) is 47.2 Å². The van der Waals surface area contributed by atoms with Gasteiger partial charge in [0.15, 0.2) is 11.5 Å². The summed E-state index contributed by atoms with van der Waals surface area (Å²) in [5.74, 6) is 0.265. The van der Waals surface area contributed by atoms with Crippen molar-refractivity contribution in [2.24, 2.45) is 9.98 Å². The van der Waals surface area contributed by atoms with Crippen LogP contribution in [0, 0.1) is 0 Å². The number of aromatic hydroxyl groups is 2. The van der Waals surface area contributed by atoms with E-state index in [1.54, 1.807) is 109 Å². The summed E-state index contributed by atoms with van der Waals surface area (Å²) in [6.07, 6.45) is 45.5. The average molecular weight is 1090 g/mol. The van der Waals surface area contributed by atoms with Crippen molar-refractivity contribution in [3.63, 3.8) is 0 Å². The highest BCUT2D eigenvalue weighted by atomic mass is 16.6. The molecule has 434 valence electrons. The summed E-state index contributed by atoms with van der Waals surface area (Å²) in [7, 11) is 0. The van der Waals surface area contributed by atoms with Crippen molar-refractivity contribution in [3.05, 3.63) is 131 Å². The largest absolute Gasteiger partial charge is 0.507 e. The molecule has 0 aliphatic carbocycles. The molecule has 2 N–H and O–H groups in total. The van der Waals surface area contributed by atoms with Crippen LogP contribution in [0.15, 0.2) is 119 Å². The van der Waals surface area contributed by atoms with Crippen molar-refractivity contribution in [1.82, 2.24) is 0 Å². The molecule has 0 saturated carbocycles. The molecule has 0 heterocycles. The van der Waals surface area contributed by atoms with Gasteiger partial charge in [-0.1, -0.05) is 219 Å². The molecule has 0 bridgehead atoms. The predicted octanol–water partition coefficient (Wildman–Crippen LogP) is 20.3. The standard InChI is InChI=1S/C70H96N2O8/c1-3-5-7-9-11-13-15-17-19-21-23-25-27-29-31-35-51-77-63-49-43-59(65(73)53-63)55-71-61-45-39-57(40-46-61)69(75)79-67-37-33-34-38-68(67)80-70(76)58-41-47-62(48-42-58)72-56-60-44-50-64(54-66(60)74)78-52-36-32-30-28-26-24-22-20-18-16-14-12-10-8-6-4-2/h33-34,37-50,53-56,73-74H,3-32,35-36,51-52H2,1-2H3. The lowest BCUT2D eigenvalue weighted by atomic mass is 10.0. The summed E-state index contributed by atoms with van der Waals surface area (Å²) in [6.45, 7) is 5.78. The molecule has 0 atom stereocenters. The van der Waals surface area contributed by atoms with Gasteiger partial charge in [0.25, 0.3) is 0 Å². The Morgan fingerprint density at radius 1 is 0.375 bits per heavy atom. The van der Waals surface area contributed by atoms with Crippen molar-refractivity contribution in [1.29, 1.82) is 0 Å². The SMILES string of the molecule is CCCCCCCCCCCCCCCCCCOc1ccc(C=Nc2ccc(C(=O)Oc3ccccc3OC(=O)c3ccc(N=Cc4ccc(OCCCCCCCCCCCCCCCCCC)cc4O)cc3)cc2)c(O)c1. The fraction of sp³-hybridized carbons (Fsp3) is 0.514. The van der Waals surface area contributed by atoms with Crippen molar-refractivity contribution in [2.45, 2.75) is 219 Å². The first-order chi connectivity index (χ1) is 39.3. The van der Waals surface area contributed by atoms with Crippen LogP contribution >= 0.6 is 0 Å². The van der Waals surface area contributed by atoms with Crippen molar-refractivity contribution < 1.29 is 38.7 Å². The molecule has 0 fully saturated rings. The zero-order valence-electron chi connectivity index (χ0n) is 48.8. The molecule has 0 amide bonds. The van der Waals surface area contributed by atoms with E-state index in [0.717, 1.165) is 25.7 Å². The number of phenolic OH excluding ortho intramolecular Hbond substituents is 2. The molecular formula is C70H96N2O8. The van der Waals surface area contributed by atoms with Crippen LogP contribution in [0.1, 0.15) is 251 Å². The lowest BCUT2D eigenvalue weighted by Crippen LogP contribution is -2.12. The van der Waals surface area contributed by atoms with E-state index >= 15 is 0 Å². The maximum Gasteiger partial charge on any atom is 0.343 e. The molecular weight excluding hydrogens is 997 g/mol. The third-order valence-corrected chi connectivity index (χ3v) is 14.7. The predicted molar refractivity (Wildman–Crippen MR) is 330 cm³/mol. The van der Waals surface area contributed by atoms with E-state index in [9.17, 15) is 19.8 Å². The lowest BCUT2D eigenvalue weighted by Gasteiger charge is -2.11. The van der Waals surface area contributed by atoms with E-state index in [1.807, 2.05) is 12.1 Å². The maximum absolute atomic E-state index is 13.2. The highest BCUT2D eigenvalue weighted by molar-refractivity contribution is 5.94. The van der Waals surface area contributed by atoms with Crippen LogP contribution in [0.4, 0.5) is 11.4 Å². The number of hydrogen-bond acceptors (Lipinski definition) is 10. The molecule has 0 saturated heterocycles. The van der Waals surface area contributed by atoms with Crippen LogP contribution in [-0.2, 0) is 0 Å². The van der Waals surface area contributed by atoms with E-state index in [4.69, 9.17) is 18.9 Å². The second kappa shape index (κ2) is 40.7. The van der Waals surface area contributed by atoms with E-state index in [2.05, 4.69) is 23.8 Å². The van der Waals surface area contributed by atoms with Gasteiger partial charge in [-0.3, -0.25) is 9.98 Å². The number of unbranched alkanes of at least 4 members (excludes halogenated alkanes) is 30. The van der Waals surface area contributed by atoms with Gasteiger partial charge in [-0.2, -0.15) is 0 Å². The fourth-order valence-electron chi connectivity index (χ4n) is 9.72. The second-order valence-electron chi connectivity index (χ2n) is 21.6. The molecule has 0 aromatic heterocycles. The summed E-state index contributed by atoms with van der Waals surface area (Å²) in [5, 5.41) is 21.4. The molecule has 0 aliphatic heterocycles. The summed E-state index contributed by atoms with van der Waals surface area (Å²) in [5.41, 5.74) is 2.77. The monoisotopic (exact) mass is 1090 g/mol.